The Labute approximate surface area is 166 Å². The van der Waals surface area contributed by atoms with Gasteiger partial charge in [0, 0.05) is 11.7 Å². The summed E-state index contributed by atoms with van der Waals surface area (Å²) in [5.41, 5.74) is 7.32. The SMILES string of the molecule is Cc1nc(S[C@H](C(=O)NC(N)=O)C(C)C)n([C@@H](C)[C@H]2C[C@H]3CC[C@H]2C3)c1C. The smallest absolute Gasteiger partial charge is 0.318 e. The van der Waals surface area contributed by atoms with Crippen molar-refractivity contribution in [3.8, 4) is 0 Å². The van der Waals surface area contributed by atoms with E-state index < -0.39 is 11.3 Å². The van der Waals surface area contributed by atoms with Crippen molar-refractivity contribution in [3.63, 3.8) is 0 Å². The van der Waals surface area contributed by atoms with Gasteiger partial charge in [0.2, 0.25) is 5.91 Å². The van der Waals surface area contributed by atoms with Crippen LogP contribution < -0.4 is 11.1 Å². The van der Waals surface area contributed by atoms with Crippen LogP contribution in [0.4, 0.5) is 4.79 Å². The third kappa shape index (κ3) is 4.03. The molecule has 2 bridgehead atoms. The second kappa shape index (κ2) is 7.86. The predicted octanol–water partition coefficient (Wildman–Crippen LogP) is 3.81. The number of aryl methyl sites for hydroxylation is 1. The van der Waals surface area contributed by atoms with Gasteiger partial charge in [0.25, 0.3) is 0 Å². The Morgan fingerprint density at radius 3 is 2.44 bits per heavy atom. The number of nitrogens with zero attached hydrogens (tertiary/aromatic N) is 2. The summed E-state index contributed by atoms with van der Waals surface area (Å²) < 4.78 is 2.33. The summed E-state index contributed by atoms with van der Waals surface area (Å²) in [4.78, 5) is 28.4. The van der Waals surface area contributed by atoms with Crippen molar-refractivity contribution < 1.29 is 9.59 Å². The molecule has 6 nitrogen and oxygen atoms in total. The van der Waals surface area contributed by atoms with E-state index in [2.05, 4.69) is 23.7 Å². The molecule has 1 heterocycles. The lowest BCUT2D eigenvalue weighted by Gasteiger charge is -2.31. The summed E-state index contributed by atoms with van der Waals surface area (Å²) in [6.07, 6.45) is 5.42. The molecule has 0 radical (unpaired) electrons. The van der Waals surface area contributed by atoms with Crippen molar-refractivity contribution in [2.24, 2.45) is 29.4 Å². The monoisotopic (exact) mass is 392 g/mol. The van der Waals surface area contributed by atoms with Gasteiger partial charge in [0.1, 0.15) is 0 Å². The van der Waals surface area contributed by atoms with E-state index in [9.17, 15) is 9.59 Å². The van der Waals surface area contributed by atoms with Gasteiger partial charge in [-0.05, 0) is 63.7 Å². The lowest BCUT2D eigenvalue weighted by molar-refractivity contribution is -0.120. The number of amides is 3. The van der Waals surface area contributed by atoms with E-state index in [4.69, 9.17) is 10.7 Å². The molecule has 2 aliphatic rings. The van der Waals surface area contributed by atoms with Gasteiger partial charge in [-0.2, -0.15) is 0 Å². The van der Waals surface area contributed by atoms with Crippen molar-refractivity contribution in [1.29, 1.82) is 0 Å². The first-order chi connectivity index (χ1) is 12.7. The quantitative estimate of drug-likeness (QED) is 0.720. The summed E-state index contributed by atoms with van der Waals surface area (Å²) in [6.45, 7) is 10.4. The number of hydrogen-bond donors (Lipinski definition) is 2. The van der Waals surface area contributed by atoms with Gasteiger partial charge in [-0.1, -0.05) is 32.0 Å². The Hall–Kier alpha value is -1.50. The van der Waals surface area contributed by atoms with Crippen LogP contribution in [0.3, 0.4) is 0 Å². The zero-order valence-corrected chi connectivity index (χ0v) is 17.8. The van der Waals surface area contributed by atoms with E-state index in [1.807, 2.05) is 20.8 Å². The molecule has 0 saturated heterocycles. The van der Waals surface area contributed by atoms with Gasteiger partial charge < -0.3 is 10.3 Å². The Kier molecular flexibility index (Phi) is 5.89. The average molecular weight is 393 g/mol. The fourth-order valence-corrected chi connectivity index (χ4v) is 6.31. The van der Waals surface area contributed by atoms with Crippen LogP contribution in [0.2, 0.25) is 0 Å². The minimum Gasteiger partial charge on any atom is -0.351 e. The number of imidazole rings is 1. The number of imide groups is 1. The lowest BCUT2D eigenvalue weighted by Crippen LogP contribution is -2.42. The molecule has 3 amide bonds. The summed E-state index contributed by atoms with van der Waals surface area (Å²) in [5.74, 6) is 2.11. The number of nitrogens with one attached hydrogen (secondary N) is 1. The van der Waals surface area contributed by atoms with E-state index in [0.717, 1.165) is 22.7 Å². The number of rotatable bonds is 6. The van der Waals surface area contributed by atoms with Gasteiger partial charge in [0.05, 0.1) is 10.9 Å². The molecular formula is C20H32N4O2S. The molecule has 7 heteroatoms. The molecule has 1 aromatic heterocycles. The molecular weight excluding hydrogens is 360 g/mol. The van der Waals surface area contributed by atoms with E-state index in [0.29, 0.717) is 12.0 Å². The molecule has 0 aliphatic heterocycles. The third-order valence-corrected chi connectivity index (χ3v) is 8.03. The number of nitrogens with two attached hydrogens (primary N) is 1. The maximum absolute atomic E-state index is 12.5. The van der Waals surface area contributed by atoms with Crippen molar-refractivity contribution in [1.82, 2.24) is 14.9 Å². The Bertz CT molecular complexity index is 730. The molecule has 3 N–H and O–H groups in total. The second-order valence-corrected chi connectivity index (χ2v) is 9.76. The molecule has 2 saturated carbocycles. The summed E-state index contributed by atoms with van der Waals surface area (Å²) in [6, 6.07) is -0.437. The molecule has 0 aromatic carbocycles. The number of fused-ring (bicyclic) bond motifs is 2. The number of urea groups is 1. The molecule has 0 spiro atoms. The summed E-state index contributed by atoms with van der Waals surface area (Å²) in [5, 5.41) is 2.70. The standard InChI is InChI=1S/C20H32N4O2S/c1-10(2)17(18(25)23-19(21)26)27-20-22-11(3)12(4)24(20)13(5)16-9-14-6-7-15(16)8-14/h10,13-17H,6-9H2,1-5H3,(H3,21,23,25,26)/t13-,14-,15-,16+,17-/m0/s1. The first-order valence-electron chi connectivity index (χ1n) is 10.0. The molecule has 0 unspecified atom stereocenters. The third-order valence-electron chi connectivity index (χ3n) is 6.52. The largest absolute Gasteiger partial charge is 0.351 e. The van der Waals surface area contributed by atoms with Crippen molar-refractivity contribution in [2.75, 3.05) is 0 Å². The minimum absolute atomic E-state index is 0.0536. The highest BCUT2D eigenvalue weighted by Crippen LogP contribution is 2.52. The van der Waals surface area contributed by atoms with Crippen LogP contribution >= 0.6 is 11.8 Å². The Morgan fingerprint density at radius 1 is 1.22 bits per heavy atom. The van der Waals surface area contributed by atoms with Gasteiger partial charge in [-0.3, -0.25) is 10.1 Å². The Balaban J connectivity index is 1.86. The zero-order valence-electron chi connectivity index (χ0n) is 17.0. The van der Waals surface area contributed by atoms with Crippen LogP contribution in [0, 0.1) is 37.5 Å². The van der Waals surface area contributed by atoms with E-state index >= 15 is 0 Å². The van der Waals surface area contributed by atoms with Gasteiger partial charge >= 0.3 is 6.03 Å². The van der Waals surface area contributed by atoms with Crippen LogP contribution in [0.25, 0.3) is 0 Å². The molecule has 1 aromatic rings. The molecule has 27 heavy (non-hydrogen) atoms. The zero-order chi connectivity index (χ0) is 19.9. The second-order valence-electron chi connectivity index (χ2n) is 8.65. The van der Waals surface area contributed by atoms with Crippen molar-refractivity contribution in [2.45, 2.75) is 76.8 Å². The van der Waals surface area contributed by atoms with Crippen LogP contribution in [-0.4, -0.2) is 26.7 Å². The van der Waals surface area contributed by atoms with Gasteiger partial charge in [-0.25, -0.2) is 9.78 Å². The van der Waals surface area contributed by atoms with Crippen LogP contribution in [0.15, 0.2) is 5.16 Å². The number of hydrogen-bond acceptors (Lipinski definition) is 4. The maximum atomic E-state index is 12.5. The highest BCUT2D eigenvalue weighted by molar-refractivity contribution is 8.00. The number of carbonyl (C=O) groups is 2. The first-order valence-corrected chi connectivity index (χ1v) is 10.9. The van der Waals surface area contributed by atoms with Crippen molar-refractivity contribution in [3.05, 3.63) is 11.4 Å². The van der Waals surface area contributed by atoms with E-state index in [-0.39, 0.29) is 11.8 Å². The van der Waals surface area contributed by atoms with Gasteiger partial charge in [0.15, 0.2) is 5.16 Å². The molecule has 5 atom stereocenters. The number of carbonyl (C=O) groups excluding carboxylic acids is 2. The fraction of sp³-hybridized carbons (Fsp3) is 0.750. The number of primary amides is 1. The number of thioether (sulfide) groups is 1. The summed E-state index contributed by atoms with van der Waals surface area (Å²) >= 11 is 1.45. The minimum atomic E-state index is -0.808. The highest BCUT2D eigenvalue weighted by Gasteiger charge is 2.43. The first kappa shape index (κ1) is 20.2. The average Bonchev–Trinajstić information content (AvgIpc) is 3.27. The lowest BCUT2D eigenvalue weighted by atomic mass is 9.84. The topological polar surface area (TPSA) is 90.0 Å². The fourth-order valence-electron chi connectivity index (χ4n) is 5.03. The van der Waals surface area contributed by atoms with E-state index in [1.165, 1.54) is 43.1 Å². The Morgan fingerprint density at radius 2 is 1.93 bits per heavy atom. The number of aromatic nitrogens is 2. The van der Waals surface area contributed by atoms with Crippen LogP contribution in [0.5, 0.6) is 0 Å². The molecule has 3 rings (SSSR count). The summed E-state index contributed by atoms with van der Waals surface area (Å²) in [7, 11) is 0. The normalized spacial score (nSPS) is 26.4. The molecule has 150 valence electrons. The van der Waals surface area contributed by atoms with Crippen LogP contribution in [-0.2, 0) is 4.79 Å². The maximum Gasteiger partial charge on any atom is 0.318 e. The van der Waals surface area contributed by atoms with E-state index in [1.54, 1.807) is 0 Å². The molecule has 2 aliphatic carbocycles. The predicted molar refractivity (Wildman–Crippen MR) is 108 cm³/mol. The van der Waals surface area contributed by atoms with Crippen LogP contribution in [0.1, 0.15) is 63.9 Å². The molecule has 2 fully saturated rings. The highest BCUT2D eigenvalue weighted by atomic mass is 32.2. The van der Waals surface area contributed by atoms with Crippen molar-refractivity contribution >= 4 is 23.7 Å². The van der Waals surface area contributed by atoms with Gasteiger partial charge in [-0.15, -0.1) is 0 Å².